The Hall–Kier alpha value is -0.945. The molecule has 4 nitrogen and oxygen atoms in total. The molecule has 1 heterocycles. The molecule has 4 N–H and O–H groups in total. The predicted octanol–water partition coefficient (Wildman–Crippen LogP) is 1.62. The molecule has 0 aliphatic carbocycles. The van der Waals surface area contributed by atoms with Gasteiger partial charge in [-0.3, -0.25) is 4.90 Å². The van der Waals surface area contributed by atoms with Crippen molar-refractivity contribution in [2.45, 2.75) is 44.6 Å². The highest BCUT2D eigenvalue weighted by Crippen LogP contribution is 2.23. The van der Waals surface area contributed by atoms with Gasteiger partial charge in [0.2, 0.25) is 0 Å². The smallest absolute Gasteiger partial charge is 0.427 e. The van der Waals surface area contributed by atoms with E-state index in [9.17, 15) is 4.39 Å². The van der Waals surface area contributed by atoms with Crippen LogP contribution in [0.15, 0.2) is 24.3 Å². The molecule has 1 aliphatic heterocycles. The number of hydrogen-bond acceptors (Lipinski definition) is 4. The van der Waals surface area contributed by atoms with Crippen LogP contribution < -0.4 is 5.73 Å². The molecule has 2 rings (SSSR count). The molecule has 1 aliphatic rings. The molecule has 0 saturated carbocycles. The van der Waals surface area contributed by atoms with Gasteiger partial charge in [-0.25, -0.2) is 4.39 Å². The normalized spacial score (nSPS) is 20.3. The Bertz CT molecular complexity index is 444. The first-order valence-electron chi connectivity index (χ1n) is 8.13. The molecule has 122 valence electrons. The van der Waals surface area contributed by atoms with Gasteiger partial charge in [0, 0.05) is 19.1 Å². The molecule has 1 aromatic carbocycles. The van der Waals surface area contributed by atoms with Crippen molar-refractivity contribution in [3.8, 4) is 0 Å². The van der Waals surface area contributed by atoms with Crippen LogP contribution in [0.2, 0.25) is 6.32 Å². The number of nitrogens with zero attached hydrogens (tertiary/aromatic N) is 1. The van der Waals surface area contributed by atoms with Gasteiger partial charge < -0.3 is 15.8 Å². The van der Waals surface area contributed by atoms with E-state index in [2.05, 4.69) is 4.90 Å². The van der Waals surface area contributed by atoms with Crippen molar-refractivity contribution < 1.29 is 14.4 Å². The van der Waals surface area contributed by atoms with Crippen molar-refractivity contribution in [2.75, 3.05) is 13.1 Å². The first kappa shape index (κ1) is 17.4. The van der Waals surface area contributed by atoms with Crippen molar-refractivity contribution >= 4 is 7.12 Å². The molecule has 0 spiro atoms. The van der Waals surface area contributed by atoms with Crippen LogP contribution in [-0.4, -0.2) is 41.2 Å². The Morgan fingerprint density at radius 3 is 2.68 bits per heavy atom. The SMILES string of the molecule is NC(CCCCB(O)O)[C@@H]1CCN(Cc2ccc(F)cc2)C1. The lowest BCUT2D eigenvalue weighted by Gasteiger charge is -2.20. The zero-order valence-corrected chi connectivity index (χ0v) is 13.0. The number of halogens is 1. The second-order valence-corrected chi connectivity index (χ2v) is 6.34. The van der Waals surface area contributed by atoms with Gasteiger partial charge in [-0.1, -0.05) is 25.0 Å². The minimum absolute atomic E-state index is 0.175. The summed E-state index contributed by atoms with van der Waals surface area (Å²) in [6.07, 6.45) is 4.20. The molecule has 0 radical (unpaired) electrons. The van der Waals surface area contributed by atoms with Crippen LogP contribution >= 0.6 is 0 Å². The second kappa shape index (κ2) is 8.63. The Morgan fingerprint density at radius 1 is 1.27 bits per heavy atom. The molecule has 22 heavy (non-hydrogen) atoms. The summed E-state index contributed by atoms with van der Waals surface area (Å²) in [4.78, 5) is 2.37. The number of nitrogens with two attached hydrogens (primary N) is 1. The van der Waals surface area contributed by atoms with Gasteiger partial charge in [-0.2, -0.15) is 0 Å². The van der Waals surface area contributed by atoms with Gasteiger partial charge in [-0.05, 0) is 49.3 Å². The van der Waals surface area contributed by atoms with E-state index in [1.165, 1.54) is 12.1 Å². The largest absolute Gasteiger partial charge is 0.451 e. The lowest BCUT2D eigenvalue weighted by molar-refractivity contribution is 0.300. The van der Waals surface area contributed by atoms with Gasteiger partial charge in [0.1, 0.15) is 5.82 Å². The second-order valence-electron chi connectivity index (χ2n) is 6.34. The highest BCUT2D eigenvalue weighted by Gasteiger charge is 2.27. The lowest BCUT2D eigenvalue weighted by Crippen LogP contribution is -2.32. The maximum Gasteiger partial charge on any atom is 0.451 e. The van der Waals surface area contributed by atoms with E-state index in [0.717, 1.165) is 50.9 Å². The van der Waals surface area contributed by atoms with Crippen molar-refractivity contribution in [1.82, 2.24) is 4.90 Å². The van der Waals surface area contributed by atoms with Gasteiger partial charge in [0.15, 0.2) is 0 Å². The fourth-order valence-electron chi connectivity index (χ4n) is 3.15. The summed E-state index contributed by atoms with van der Waals surface area (Å²) in [5.41, 5.74) is 7.40. The quantitative estimate of drug-likeness (QED) is 0.504. The summed E-state index contributed by atoms with van der Waals surface area (Å²) in [7, 11) is -1.20. The van der Waals surface area contributed by atoms with E-state index in [4.69, 9.17) is 15.8 Å². The Kier molecular flexibility index (Phi) is 6.83. The van der Waals surface area contributed by atoms with E-state index in [0.29, 0.717) is 12.2 Å². The molecule has 6 heteroatoms. The molecular formula is C16H26BFN2O2. The summed E-state index contributed by atoms with van der Waals surface area (Å²) >= 11 is 0. The van der Waals surface area contributed by atoms with Crippen molar-refractivity contribution in [3.05, 3.63) is 35.6 Å². The third-order valence-corrected chi connectivity index (χ3v) is 4.48. The zero-order valence-electron chi connectivity index (χ0n) is 13.0. The van der Waals surface area contributed by atoms with Crippen molar-refractivity contribution in [3.63, 3.8) is 0 Å². The third kappa shape index (κ3) is 5.68. The van der Waals surface area contributed by atoms with Crippen LogP contribution in [0, 0.1) is 11.7 Å². The zero-order chi connectivity index (χ0) is 15.9. The highest BCUT2D eigenvalue weighted by molar-refractivity contribution is 6.40. The molecule has 0 bridgehead atoms. The van der Waals surface area contributed by atoms with Crippen molar-refractivity contribution in [2.24, 2.45) is 11.7 Å². The number of benzene rings is 1. The fourth-order valence-corrected chi connectivity index (χ4v) is 3.15. The van der Waals surface area contributed by atoms with Gasteiger partial charge in [0.05, 0.1) is 0 Å². The summed E-state index contributed by atoms with van der Waals surface area (Å²) in [5.74, 6) is 0.303. The summed E-state index contributed by atoms with van der Waals surface area (Å²) in [5, 5.41) is 17.6. The summed E-state index contributed by atoms with van der Waals surface area (Å²) in [6.45, 7) is 2.87. The van der Waals surface area contributed by atoms with E-state index in [-0.39, 0.29) is 11.9 Å². The molecular weight excluding hydrogens is 282 g/mol. The topological polar surface area (TPSA) is 69.7 Å². The number of rotatable bonds is 8. The van der Waals surface area contributed by atoms with Crippen molar-refractivity contribution in [1.29, 1.82) is 0 Å². The Balaban J connectivity index is 1.69. The first-order chi connectivity index (χ1) is 10.5. The van der Waals surface area contributed by atoms with Crippen LogP contribution in [0.1, 0.15) is 31.2 Å². The van der Waals surface area contributed by atoms with Gasteiger partial charge >= 0.3 is 7.12 Å². The molecule has 0 aromatic heterocycles. The van der Waals surface area contributed by atoms with Crippen LogP contribution in [0.3, 0.4) is 0 Å². The number of unbranched alkanes of at least 4 members (excludes halogenated alkanes) is 1. The fraction of sp³-hybridized carbons (Fsp3) is 0.625. The molecule has 2 atom stereocenters. The molecule has 1 unspecified atom stereocenters. The monoisotopic (exact) mass is 308 g/mol. The van der Waals surface area contributed by atoms with E-state index >= 15 is 0 Å². The van der Waals surface area contributed by atoms with Crippen LogP contribution in [0.4, 0.5) is 4.39 Å². The standard InChI is InChI=1S/C16H26BFN2O2/c18-15-6-4-13(5-7-15)11-20-10-8-14(12-20)16(19)3-1-2-9-17(21)22/h4-7,14,16,21-22H,1-3,8-12,19H2/t14-,16?/m1/s1. The minimum atomic E-state index is -1.20. The highest BCUT2D eigenvalue weighted by atomic mass is 19.1. The maximum absolute atomic E-state index is 12.9. The molecule has 1 saturated heterocycles. The van der Waals surface area contributed by atoms with E-state index < -0.39 is 7.12 Å². The third-order valence-electron chi connectivity index (χ3n) is 4.48. The van der Waals surface area contributed by atoms with E-state index in [1.807, 2.05) is 12.1 Å². The summed E-state index contributed by atoms with van der Waals surface area (Å²) in [6, 6.07) is 6.86. The van der Waals surface area contributed by atoms with Gasteiger partial charge in [0.25, 0.3) is 0 Å². The van der Waals surface area contributed by atoms with E-state index in [1.54, 1.807) is 0 Å². The Morgan fingerprint density at radius 2 is 2.00 bits per heavy atom. The van der Waals surface area contributed by atoms with Crippen LogP contribution in [0.25, 0.3) is 0 Å². The molecule has 0 amide bonds. The van der Waals surface area contributed by atoms with Crippen LogP contribution in [0.5, 0.6) is 0 Å². The minimum Gasteiger partial charge on any atom is -0.427 e. The number of likely N-dealkylation sites (tertiary alicyclic amines) is 1. The average Bonchev–Trinajstić information content (AvgIpc) is 2.94. The van der Waals surface area contributed by atoms with Crippen LogP contribution in [-0.2, 0) is 6.54 Å². The predicted molar refractivity (Wildman–Crippen MR) is 86.6 cm³/mol. The maximum atomic E-state index is 12.9. The lowest BCUT2D eigenvalue weighted by atomic mass is 9.82. The summed E-state index contributed by atoms with van der Waals surface area (Å²) < 4.78 is 12.9. The van der Waals surface area contributed by atoms with Gasteiger partial charge in [-0.15, -0.1) is 0 Å². The molecule has 1 aromatic rings. The number of hydrogen-bond donors (Lipinski definition) is 3. The Labute approximate surface area is 132 Å². The average molecular weight is 308 g/mol. The molecule has 1 fully saturated rings. The first-order valence-corrected chi connectivity index (χ1v) is 8.13.